The summed E-state index contributed by atoms with van der Waals surface area (Å²) < 4.78 is 81.8. The zero-order valence-electron chi connectivity index (χ0n) is 20.9. The summed E-state index contributed by atoms with van der Waals surface area (Å²) >= 11 is 0. The molecule has 0 aliphatic carbocycles. The SMILES string of the molecule is O=C(Nc1cnc(N2CCN(c3ncccn3)CC2)c(C(F)(F)F)c1)Nc1cn(-c2cccc(C(F)(F)F)c2)nn1. The van der Waals surface area contributed by atoms with Crippen LogP contribution in [0.2, 0.25) is 0 Å². The van der Waals surface area contributed by atoms with Crippen LogP contribution < -0.4 is 20.4 Å². The molecule has 0 saturated carbocycles. The summed E-state index contributed by atoms with van der Waals surface area (Å²) in [5.74, 6) is 0.0542. The molecule has 17 heteroatoms. The topological polar surface area (TPSA) is 117 Å². The number of rotatable bonds is 5. The molecule has 0 radical (unpaired) electrons. The number of nitrogens with one attached hydrogen (secondary N) is 2. The van der Waals surface area contributed by atoms with Gasteiger partial charge in [0.1, 0.15) is 11.4 Å². The van der Waals surface area contributed by atoms with Crippen LogP contribution in [0, 0.1) is 0 Å². The quantitative estimate of drug-likeness (QED) is 0.334. The summed E-state index contributed by atoms with van der Waals surface area (Å²) in [7, 11) is 0. The minimum Gasteiger partial charge on any atom is -0.353 e. The van der Waals surface area contributed by atoms with Gasteiger partial charge in [0.05, 0.1) is 29.3 Å². The van der Waals surface area contributed by atoms with Gasteiger partial charge >= 0.3 is 18.4 Å². The van der Waals surface area contributed by atoms with E-state index in [2.05, 4.69) is 35.9 Å². The summed E-state index contributed by atoms with van der Waals surface area (Å²) in [5.41, 5.74) is -2.14. The molecule has 2 amide bonds. The second kappa shape index (κ2) is 10.9. The average molecular weight is 578 g/mol. The highest BCUT2D eigenvalue weighted by molar-refractivity contribution is 5.99. The largest absolute Gasteiger partial charge is 0.420 e. The lowest BCUT2D eigenvalue weighted by Gasteiger charge is -2.36. The van der Waals surface area contributed by atoms with Gasteiger partial charge in [-0.15, -0.1) is 5.10 Å². The number of alkyl halides is 6. The molecule has 5 rings (SSSR count). The van der Waals surface area contributed by atoms with Crippen LogP contribution in [0.25, 0.3) is 5.69 Å². The molecule has 1 aromatic carbocycles. The lowest BCUT2D eigenvalue weighted by Crippen LogP contribution is -2.48. The first-order valence-electron chi connectivity index (χ1n) is 12.0. The van der Waals surface area contributed by atoms with E-state index in [1.165, 1.54) is 17.0 Å². The Labute approximate surface area is 227 Å². The van der Waals surface area contributed by atoms with Gasteiger partial charge < -0.3 is 15.1 Å². The molecular formula is C24H20F6N10O. The van der Waals surface area contributed by atoms with Gasteiger partial charge in [0, 0.05) is 38.6 Å². The van der Waals surface area contributed by atoms with Gasteiger partial charge in [0.25, 0.3) is 0 Å². The van der Waals surface area contributed by atoms with E-state index in [-0.39, 0.29) is 36.1 Å². The molecule has 4 heterocycles. The molecule has 1 fully saturated rings. The van der Waals surface area contributed by atoms with E-state index in [4.69, 9.17) is 0 Å². The summed E-state index contributed by atoms with van der Waals surface area (Å²) in [5, 5.41) is 11.9. The van der Waals surface area contributed by atoms with E-state index in [1.807, 2.05) is 4.90 Å². The lowest BCUT2D eigenvalue weighted by atomic mass is 10.2. The van der Waals surface area contributed by atoms with Crippen molar-refractivity contribution in [1.29, 1.82) is 0 Å². The Bertz CT molecular complexity index is 1520. The minimum atomic E-state index is -4.76. The molecule has 1 aliphatic rings. The maximum absolute atomic E-state index is 14.0. The first kappa shape index (κ1) is 27.6. The fourth-order valence-electron chi connectivity index (χ4n) is 4.11. The van der Waals surface area contributed by atoms with Crippen molar-refractivity contribution >= 4 is 29.3 Å². The number of halogens is 6. The van der Waals surface area contributed by atoms with Gasteiger partial charge in [-0.05, 0) is 30.3 Å². The Morgan fingerprint density at radius 3 is 2.22 bits per heavy atom. The number of carbonyl (C=O) groups excluding carboxylic acids is 1. The Balaban J connectivity index is 1.26. The van der Waals surface area contributed by atoms with E-state index in [1.54, 1.807) is 18.5 Å². The second-order valence-corrected chi connectivity index (χ2v) is 8.79. The van der Waals surface area contributed by atoms with E-state index in [0.717, 1.165) is 35.3 Å². The molecule has 2 N–H and O–H groups in total. The fourth-order valence-corrected chi connectivity index (χ4v) is 4.11. The second-order valence-electron chi connectivity index (χ2n) is 8.79. The molecule has 0 unspecified atom stereocenters. The van der Waals surface area contributed by atoms with Crippen LogP contribution in [0.15, 0.2) is 61.2 Å². The Kier molecular flexibility index (Phi) is 7.34. The molecule has 0 spiro atoms. The van der Waals surface area contributed by atoms with Gasteiger partial charge in [-0.3, -0.25) is 5.32 Å². The van der Waals surface area contributed by atoms with E-state index >= 15 is 0 Å². The molecule has 4 aromatic rings. The number of amides is 2. The van der Waals surface area contributed by atoms with Crippen LogP contribution in [-0.4, -0.2) is 62.2 Å². The molecule has 41 heavy (non-hydrogen) atoms. The van der Waals surface area contributed by atoms with Gasteiger partial charge in [-0.25, -0.2) is 24.4 Å². The number of carbonyl (C=O) groups is 1. The molecule has 214 valence electrons. The Morgan fingerprint density at radius 2 is 1.54 bits per heavy atom. The van der Waals surface area contributed by atoms with Crippen LogP contribution in [0.1, 0.15) is 11.1 Å². The van der Waals surface area contributed by atoms with Gasteiger partial charge in [-0.1, -0.05) is 11.3 Å². The summed E-state index contributed by atoms with van der Waals surface area (Å²) in [6.07, 6.45) is -3.92. The van der Waals surface area contributed by atoms with Crippen LogP contribution in [0.5, 0.6) is 0 Å². The highest BCUT2D eigenvalue weighted by Gasteiger charge is 2.37. The first-order chi connectivity index (χ1) is 19.5. The van der Waals surface area contributed by atoms with Gasteiger partial charge in [0.2, 0.25) is 5.95 Å². The van der Waals surface area contributed by atoms with Crippen molar-refractivity contribution in [2.24, 2.45) is 0 Å². The highest BCUT2D eigenvalue weighted by Crippen LogP contribution is 2.37. The van der Waals surface area contributed by atoms with E-state index < -0.39 is 29.5 Å². The predicted octanol–water partition coefficient (Wildman–Crippen LogP) is 4.46. The van der Waals surface area contributed by atoms with Crippen LogP contribution >= 0.6 is 0 Å². The maximum atomic E-state index is 14.0. The monoisotopic (exact) mass is 578 g/mol. The zero-order valence-corrected chi connectivity index (χ0v) is 20.9. The Morgan fingerprint density at radius 1 is 0.829 bits per heavy atom. The average Bonchev–Trinajstić information content (AvgIpc) is 3.41. The third-order valence-corrected chi connectivity index (χ3v) is 6.02. The normalized spacial score (nSPS) is 14.2. The Hall–Kier alpha value is -4.96. The third kappa shape index (κ3) is 6.44. The molecule has 1 aliphatic heterocycles. The number of pyridine rings is 1. The van der Waals surface area contributed by atoms with Crippen molar-refractivity contribution in [2.75, 3.05) is 46.6 Å². The number of aromatic nitrogens is 6. The molecular weight excluding hydrogens is 558 g/mol. The third-order valence-electron chi connectivity index (χ3n) is 6.02. The number of nitrogens with zero attached hydrogens (tertiary/aromatic N) is 8. The summed E-state index contributed by atoms with van der Waals surface area (Å²) in [4.78, 5) is 28.1. The first-order valence-corrected chi connectivity index (χ1v) is 12.0. The lowest BCUT2D eigenvalue weighted by molar-refractivity contribution is -0.138. The van der Waals surface area contributed by atoms with Crippen molar-refractivity contribution in [3.8, 4) is 5.69 Å². The van der Waals surface area contributed by atoms with Crippen molar-refractivity contribution in [3.05, 3.63) is 72.3 Å². The van der Waals surface area contributed by atoms with Gasteiger partial charge in [-0.2, -0.15) is 26.3 Å². The number of hydrogen-bond acceptors (Lipinski definition) is 8. The molecule has 0 bridgehead atoms. The number of anilines is 4. The number of hydrogen-bond donors (Lipinski definition) is 2. The number of urea groups is 1. The van der Waals surface area contributed by atoms with Crippen molar-refractivity contribution in [2.45, 2.75) is 12.4 Å². The number of piperazine rings is 1. The summed E-state index contributed by atoms with van der Waals surface area (Å²) in [6, 6.07) is 5.76. The molecule has 3 aromatic heterocycles. The van der Waals surface area contributed by atoms with Crippen molar-refractivity contribution in [3.63, 3.8) is 0 Å². The molecule has 11 nitrogen and oxygen atoms in total. The van der Waals surface area contributed by atoms with Crippen LogP contribution in [-0.2, 0) is 12.4 Å². The van der Waals surface area contributed by atoms with Gasteiger partial charge in [0.15, 0.2) is 5.82 Å². The van der Waals surface area contributed by atoms with Crippen LogP contribution in [0.3, 0.4) is 0 Å². The maximum Gasteiger partial charge on any atom is 0.420 e. The molecule has 1 saturated heterocycles. The highest BCUT2D eigenvalue weighted by atomic mass is 19.4. The predicted molar refractivity (Wildman–Crippen MR) is 135 cm³/mol. The molecule has 0 atom stereocenters. The number of benzene rings is 1. The van der Waals surface area contributed by atoms with E-state index in [9.17, 15) is 31.1 Å². The zero-order chi connectivity index (χ0) is 29.2. The van der Waals surface area contributed by atoms with E-state index in [0.29, 0.717) is 19.0 Å². The minimum absolute atomic E-state index is 0.0347. The van der Waals surface area contributed by atoms with Crippen molar-refractivity contribution < 1.29 is 31.1 Å². The van der Waals surface area contributed by atoms with Crippen LogP contribution in [0.4, 0.5) is 54.4 Å². The summed E-state index contributed by atoms with van der Waals surface area (Å²) in [6.45, 7) is 1.24. The smallest absolute Gasteiger partial charge is 0.353 e. The van der Waals surface area contributed by atoms with Crippen molar-refractivity contribution in [1.82, 2.24) is 29.9 Å². The fraction of sp³-hybridized carbons (Fsp3) is 0.250. The standard InChI is InChI=1S/C24H20F6N10O/c25-23(26,27)15-3-1-4-17(11-15)40-14-19(36-37-40)35-22(41)34-16-12-18(24(28,29)30)20(33-13-16)38-7-9-39(10-8-38)21-31-5-2-6-32-21/h1-6,11-14H,7-10H2,(H2,34,35,41).